The maximum Gasteiger partial charge on any atom is 0.419 e. The van der Waals surface area contributed by atoms with Crippen LogP contribution in [-0.4, -0.2) is 21.5 Å². The van der Waals surface area contributed by atoms with Crippen LogP contribution in [0.15, 0.2) is 18.3 Å². The fraction of sp³-hybridized carbons (Fsp3) is 0.462. The number of benzene rings is 1. The molecule has 4 nitrogen and oxygen atoms in total. The average molecular weight is 286 g/mol. The lowest BCUT2D eigenvalue weighted by Crippen LogP contribution is -2.19. The molecule has 1 N–H and O–H groups in total. The Hall–Kier alpha value is -1.76. The van der Waals surface area contributed by atoms with E-state index in [9.17, 15) is 18.3 Å². The van der Waals surface area contributed by atoms with Gasteiger partial charge in [-0.15, -0.1) is 0 Å². The molecule has 108 valence electrons. The number of hydrogen-bond donors (Lipinski definition) is 1. The number of hydrogen-bond acceptors (Lipinski definition) is 3. The zero-order valence-corrected chi connectivity index (χ0v) is 10.5. The van der Waals surface area contributed by atoms with Crippen molar-refractivity contribution < 1.29 is 23.0 Å². The van der Waals surface area contributed by atoms with Crippen LogP contribution in [-0.2, 0) is 10.9 Å². The van der Waals surface area contributed by atoms with Crippen LogP contribution in [0.5, 0.6) is 5.75 Å². The molecule has 0 saturated carbocycles. The van der Waals surface area contributed by atoms with E-state index in [2.05, 4.69) is 5.10 Å². The minimum Gasteiger partial charge on any atom is -0.507 e. The van der Waals surface area contributed by atoms with Crippen molar-refractivity contribution in [2.24, 2.45) is 0 Å². The largest absolute Gasteiger partial charge is 0.507 e. The number of ether oxygens (including phenoxy) is 1. The van der Waals surface area contributed by atoms with Gasteiger partial charge in [-0.1, -0.05) is 0 Å². The summed E-state index contributed by atoms with van der Waals surface area (Å²) < 4.78 is 45.3. The van der Waals surface area contributed by atoms with Crippen LogP contribution < -0.4 is 0 Å². The minimum absolute atomic E-state index is 0.280. The van der Waals surface area contributed by atoms with E-state index in [1.165, 1.54) is 10.9 Å². The van der Waals surface area contributed by atoms with Gasteiger partial charge in [0.2, 0.25) is 0 Å². The van der Waals surface area contributed by atoms with Crippen LogP contribution in [0.1, 0.15) is 31.1 Å². The van der Waals surface area contributed by atoms with Crippen molar-refractivity contribution in [3.05, 3.63) is 23.9 Å². The lowest BCUT2D eigenvalue weighted by molar-refractivity contribution is -0.138. The summed E-state index contributed by atoms with van der Waals surface area (Å²) in [5.41, 5.74) is -0.600. The van der Waals surface area contributed by atoms with E-state index in [-0.39, 0.29) is 6.23 Å². The van der Waals surface area contributed by atoms with Gasteiger partial charge in [0.1, 0.15) is 5.75 Å². The summed E-state index contributed by atoms with van der Waals surface area (Å²) >= 11 is 0. The van der Waals surface area contributed by atoms with E-state index < -0.39 is 17.5 Å². The first-order chi connectivity index (χ1) is 9.47. The smallest absolute Gasteiger partial charge is 0.419 e. The number of nitrogens with zero attached hydrogens (tertiary/aromatic N) is 2. The normalized spacial score (nSPS) is 20.4. The zero-order chi connectivity index (χ0) is 14.3. The SMILES string of the molecule is Oc1cc2c(cnn2C2CCCCO2)cc1C(F)(F)F. The molecule has 7 heteroatoms. The van der Waals surface area contributed by atoms with Crippen molar-refractivity contribution in [3.63, 3.8) is 0 Å². The highest BCUT2D eigenvalue weighted by molar-refractivity contribution is 5.81. The van der Waals surface area contributed by atoms with E-state index in [0.29, 0.717) is 17.5 Å². The molecule has 1 atom stereocenters. The molecule has 1 aromatic carbocycles. The van der Waals surface area contributed by atoms with Gasteiger partial charge in [-0.2, -0.15) is 18.3 Å². The molecule has 1 fully saturated rings. The summed E-state index contributed by atoms with van der Waals surface area (Å²) in [5, 5.41) is 14.0. The molecule has 0 radical (unpaired) electrons. The number of phenolic OH excluding ortho intramolecular Hbond substituents is 1. The predicted octanol–water partition coefficient (Wildman–Crippen LogP) is 3.46. The highest BCUT2D eigenvalue weighted by atomic mass is 19.4. The predicted molar refractivity (Wildman–Crippen MR) is 65.2 cm³/mol. The summed E-state index contributed by atoms with van der Waals surface area (Å²) in [4.78, 5) is 0. The molecular weight excluding hydrogens is 273 g/mol. The second-order valence-electron chi connectivity index (χ2n) is 4.84. The number of rotatable bonds is 1. The van der Waals surface area contributed by atoms with Gasteiger partial charge in [0.05, 0.1) is 17.3 Å². The van der Waals surface area contributed by atoms with Crippen LogP contribution in [0.4, 0.5) is 13.2 Å². The first kappa shape index (κ1) is 13.2. The van der Waals surface area contributed by atoms with Gasteiger partial charge >= 0.3 is 6.18 Å². The summed E-state index contributed by atoms with van der Waals surface area (Å²) in [6, 6.07) is 2.01. The summed E-state index contributed by atoms with van der Waals surface area (Å²) in [7, 11) is 0. The zero-order valence-electron chi connectivity index (χ0n) is 10.5. The van der Waals surface area contributed by atoms with Gasteiger partial charge in [-0.25, -0.2) is 4.68 Å². The molecule has 0 aliphatic carbocycles. The number of aromatic hydroxyl groups is 1. The molecule has 3 rings (SSSR count). The number of halogens is 3. The summed E-state index contributed by atoms with van der Waals surface area (Å²) in [5.74, 6) is -0.789. The lowest BCUT2D eigenvalue weighted by Gasteiger charge is -2.23. The Morgan fingerprint density at radius 1 is 1.30 bits per heavy atom. The standard InChI is InChI=1S/C13H13F3N2O2/c14-13(15,16)9-5-8-7-17-18(10(8)6-11(9)19)12-3-1-2-4-20-12/h5-7,12,19H,1-4H2. The topological polar surface area (TPSA) is 47.3 Å². The van der Waals surface area contributed by atoms with Gasteiger partial charge in [0, 0.05) is 18.1 Å². The number of alkyl halides is 3. The third-order valence-electron chi connectivity index (χ3n) is 3.45. The van der Waals surface area contributed by atoms with Gasteiger partial charge in [0.15, 0.2) is 6.23 Å². The van der Waals surface area contributed by atoms with Crippen molar-refractivity contribution >= 4 is 10.9 Å². The Morgan fingerprint density at radius 2 is 2.10 bits per heavy atom. The highest BCUT2D eigenvalue weighted by Crippen LogP contribution is 2.38. The second kappa shape index (κ2) is 4.66. The molecule has 2 aromatic rings. The van der Waals surface area contributed by atoms with Crippen molar-refractivity contribution in [2.75, 3.05) is 6.61 Å². The first-order valence-corrected chi connectivity index (χ1v) is 6.36. The minimum atomic E-state index is -4.58. The molecule has 1 unspecified atom stereocenters. The Kier molecular flexibility index (Phi) is 3.08. The molecule has 1 aromatic heterocycles. The molecule has 20 heavy (non-hydrogen) atoms. The van der Waals surface area contributed by atoms with E-state index in [1.54, 1.807) is 0 Å². The lowest BCUT2D eigenvalue weighted by atomic mass is 10.1. The number of fused-ring (bicyclic) bond motifs is 1. The van der Waals surface area contributed by atoms with E-state index >= 15 is 0 Å². The van der Waals surface area contributed by atoms with Crippen LogP contribution in [0.25, 0.3) is 10.9 Å². The number of phenols is 1. The molecule has 1 aliphatic rings. The highest BCUT2D eigenvalue weighted by Gasteiger charge is 2.34. The van der Waals surface area contributed by atoms with Crippen molar-refractivity contribution in [1.29, 1.82) is 0 Å². The average Bonchev–Trinajstić information content (AvgIpc) is 2.80. The van der Waals surface area contributed by atoms with Crippen LogP contribution >= 0.6 is 0 Å². The fourth-order valence-corrected chi connectivity index (χ4v) is 2.46. The van der Waals surface area contributed by atoms with Crippen molar-refractivity contribution in [3.8, 4) is 5.75 Å². The van der Waals surface area contributed by atoms with E-state index in [0.717, 1.165) is 31.4 Å². The monoisotopic (exact) mass is 286 g/mol. The molecule has 0 spiro atoms. The third-order valence-corrected chi connectivity index (χ3v) is 3.45. The van der Waals surface area contributed by atoms with E-state index in [1.807, 2.05) is 0 Å². The molecule has 0 amide bonds. The molecule has 1 saturated heterocycles. The molecule has 2 heterocycles. The Balaban J connectivity index is 2.07. The summed E-state index contributed by atoms with van der Waals surface area (Å²) in [6.07, 6.45) is -0.780. The first-order valence-electron chi connectivity index (χ1n) is 6.36. The summed E-state index contributed by atoms with van der Waals surface area (Å²) in [6.45, 7) is 0.610. The van der Waals surface area contributed by atoms with Gasteiger partial charge in [-0.3, -0.25) is 0 Å². The van der Waals surface area contributed by atoms with Gasteiger partial charge in [-0.05, 0) is 25.3 Å². The Bertz CT molecular complexity index is 630. The fourth-order valence-electron chi connectivity index (χ4n) is 2.46. The van der Waals surface area contributed by atoms with Crippen molar-refractivity contribution in [2.45, 2.75) is 31.7 Å². The maximum absolute atomic E-state index is 12.7. The van der Waals surface area contributed by atoms with Gasteiger partial charge in [0.25, 0.3) is 0 Å². The quantitative estimate of drug-likeness (QED) is 0.873. The van der Waals surface area contributed by atoms with Crippen LogP contribution in [0.2, 0.25) is 0 Å². The Morgan fingerprint density at radius 3 is 2.75 bits per heavy atom. The van der Waals surface area contributed by atoms with Gasteiger partial charge < -0.3 is 9.84 Å². The van der Waals surface area contributed by atoms with Crippen LogP contribution in [0, 0.1) is 0 Å². The van der Waals surface area contributed by atoms with Crippen molar-refractivity contribution in [1.82, 2.24) is 9.78 Å². The third kappa shape index (κ3) is 2.22. The maximum atomic E-state index is 12.7. The second-order valence-corrected chi connectivity index (χ2v) is 4.84. The number of aromatic nitrogens is 2. The van der Waals surface area contributed by atoms with E-state index in [4.69, 9.17) is 4.74 Å². The molecule has 0 bridgehead atoms. The molecular formula is C13H13F3N2O2. The Labute approximate surface area is 112 Å². The van der Waals surface area contributed by atoms with Crippen LogP contribution in [0.3, 0.4) is 0 Å². The molecule has 1 aliphatic heterocycles.